The second-order valence-corrected chi connectivity index (χ2v) is 11.7. The minimum absolute atomic E-state index is 0.0166. The molecular formula is C27H38O4. The number of Topliss-reactive ketones (excluding diaryl/α,β-unsaturated/α-hetero) is 1. The van der Waals surface area contributed by atoms with Crippen molar-refractivity contribution < 1.29 is 19.8 Å². The molecular weight excluding hydrogens is 388 g/mol. The topological polar surface area (TPSA) is 74.6 Å². The second-order valence-electron chi connectivity index (χ2n) is 11.7. The minimum Gasteiger partial charge on any atom is -0.508 e. The third-order valence-corrected chi connectivity index (χ3v) is 10.3. The van der Waals surface area contributed by atoms with Crippen LogP contribution in [0.4, 0.5) is 0 Å². The Kier molecular flexibility index (Phi) is 5.30. The van der Waals surface area contributed by atoms with Crippen LogP contribution in [-0.2, 0) is 11.2 Å². The average Bonchev–Trinajstić information content (AvgIpc) is 3.05. The van der Waals surface area contributed by atoms with Gasteiger partial charge in [0.1, 0.15) is 11.5 Å². The highest BCUT2D eigenvalue weighted by Crippen LogP contribution is 2.71. The predicted octanol–water partition coefficient (Wildman–Crippen LogP) is 6.11. The van der Waals surface area contributed by atoms with Crippen LogP contribution in [0, 0.1) is 39.9 Å². The zero-order chi connectivity index (χ0) is 22.8. The van der Waals surface area contributed by atoms with Gasteiger partial charge in [-0.3, -0.25) is 4.79 Å². The first kappa shape index (κ1) is 22.4. The Morgan fingerprint density at radius 2 is 1.68 bits per heavy atom. The molecule has 0 heterocycles. The van der Waals surface area contributed by atoms with E-state index in [4.69, 9.17) is 0 Å². The number of aromatic hydroxyl groups is 1. The Morgan fingerprint density at radius 3 is 2.32 bits per heavy atom. The summed E-state index contributed by atoms with van der Waals surface area (Å²) < 4.78 is 0. The molecule has 4 nitrogen and oxygen atoms in total. The fourth-order valence-electron chi connectivity index (χ4n) is 8.56. The molecule has 7 atom stereocenters. The lowest BCUT2D eigenvalue weighted by molar-refractivity contribution is -0.155. The lowest BCUT2D eigenvalue weighted by atomic mass is 9.40. The van der Waals surface area contributed by atoms with Crippen molar-refractivity contribution in [2.75, 3.05) is 0 Å². The van der Waals surface area contributed by atoms with Crippen molar-refractivity contribution in [3.8, 4) is 5.75 Å². The lowest BCUT2D eigenvalue weighted by Gasteiger charge is -2.64. The number of carboxylic acids is 1. The summed E-state index contributed by atoms with van der Waals surface area (Å²) in [7, 11) is 0. The Bertz CT molecular complexity index is 906. The third kappa shape index (κ3) is 3.24. The van der Waals surface area contributed by atoms with Crippen molar-refractivity contribution in [2.45, 2.75) is 79.6 Å². The number of hydrogen-bond acceptors (Lipinski definition) is 3. The van der Waals surface area contributed by atoms with E-state index in [9.17, 15) is 19.8 Å². The molecule has 31 heavy (non-hydrogen) atoms. The molecule has 2 N–H and O–H groups in total. The van der Waals surface area contributed by atoms with Crippen molar-refractivity contribution in [1.82, 2.24) is 0 Å². The van der Waals surface area contributed by atoms with Gasteiger partial charge in [-0.2, -0.15) is 0 Å². The van der Waals surface area contributed by atoms with Crippen molar-refractivity contribution >= 4 is 11.8 Å². The van der Waals surface area contributed by atoms with Crippen LogP contribution in [0.25, 0.3) is 0 Å². The van der Waals surface area contributed by atoms with E-state index in [0.717, 1.165) is 37.7 Å². The summed E-state index contributed by atoms with van der Waals surface area (Å²) in [4.78, 5) is 24.0. The summed E-state index contributed by atoms with van der Waals surface area (Å²) in [5.41, 5.74) is 1.25. The Balaban J connectivity index is 1.71. The zero-order valence-electron chi connectivity index (χ0n) is 19.7. The van der Waals surface area contributed by atoms with Crippen LogP contribution in [0.15, 0.2) is 18.2 Å². The van der Waals surface area contributed by atoms with Crippen LogP contribution >= 0.6 is 0 Å². The lowest BCUT2D eigenvalue weighted by Crippen LogP contribution is -2.58. The van der Waals surface area contributed by atoms with E-state index in [-0.39, 0.29) is 33.5 Å². The molecule has 4 rings (SSSR count). The highest BCUT2D eigenvalue weighted by atomic mass is 16.4. The molecule has 3 aliphatic rings. The number of carbonyl (C=O) groups excluding carboxylic acids is 1. The molecule has 0 spiro atoms. The van der Waals surface area contributed by atoms with Crippen LogP contribution in [0.3, 0.4) is 0 Å². The van der Waals surface area contributed by atoms with Gasteiger partial charge in [0.15, 0.2) is 0 Å². The number of carbonyl (C=O) groups is 2. The number of aromatic carboxylic acids is 1. The number of rotatable bonds is 4. The molecule has 0 aliphatic heterocycles. The van der Waals surface area contributed by atoms with E-state index in [0.29, 0.717) is 30.0 Å². The smallest absolute Gasteiger partial charge is 0.335 e. The summed E-state index contributed by atoms with van der Waals surface area (Å²) in [5.74, 6) is 1.34. The number of carboxylic acid groups (broad SMARTS) is 1. The molecule has 3 aliphatic carbocycles. The normalized spacial score (nSPS) is 42.0. The largest absolute Gasteiger partial charge is 0.508 e. The first-order chi connectivity index (χ1) is 14.4. The van der Waals surface area contributed by atoms with Gasteiger partial charge in [-0.1, -0.05) is 27.7 Å². The maximum absolute atomic E-state index is 12.4. The summed E-state index contributed by atoms with van der Waals surface area (Å²) in [6.07, 6.45) is 7.38. The molecule has 0 radical (unpaired) electrons. The standard InChI is InChI=1S/C27H38O4/c1-16-10-12-26(4)22-9-7-20(17(2)28)25(22,3)13-11-23(26)27(16,5)15-19-14-18(24(30)31)6-8-21(19)29/h6,8,14,16,20,22-23,29H,7,9-13,15H2,1-5H3,(H,30,31). The van der Waals surface area contributed by atoms with Crippen molar-refractivity contribution in [1.29, 1.82) is 0 Å². The molecule has 1 aromatic rings. The van der Waals surface area contributed by atoms with Gasteiger partial charge in [-0.05, 0) is 110 Å². The van der Waals surface area contributed by atoms with Gasteiger partial charge in [0.25, 0.3) is 0 Å². The molecule has 3 saturated carbocycles. The first-order valence-electron chi connectivity index (χ1n) is 12.0. The number of fused-ring (bicyclic) bond motifs is 3. The first-order valence-corrected chi connectivity index (χ1v) is 12.0. The molecule has 0 aromatic heterocycles. The summed E-state index contributed by atoms with van der Waals surface area (Å²) in [6, 6.07) is 4.67. The van der Waals surface area contributed by atoms with Gasteiger partial charge in [-0.25, -0.2) is 4.79 Å². The summed E-state index contributed by atoms with van der Waals surface area (Å²) >= 11 is 0. The van der Waals surface area contributed by atoms with Crippen molar-refractivity contribution in [3.63, 3.8) is 0 Å². The van der Waals surface area contributed by atoms with Crippen LogP contribution in [0.1, 0.15) is 89.1 Å². The van der Waals surface area contributed by atoms with Gasteiger partial charge in [0, 0.05) is 5.92 Å². The van der Waals surface area contributed by atoms with Crippen LogP contribution in [-0.4, -0.2) is 22.0 Å². The molecule has 0 bridgehead atoms. The fraction of sp³-hybridized carbons (Fsp3) is 0.704. The monoisotopic (exact) mass is 426 g/mol. The van der Waals surface area contributed by atoms with Crippen molar-refractivity contribution in [3.05, 3.63) is 29.3 Å². The molecule has 4 heteroatoms. The van der Waals surface area contributed by atoms with Gasteiger partial charge < -0.3 is 10.2 Å². The Labute approximate surface area is 186 Å². The van der Waals surface area contributed by atoms with Crippen LogP contribution in [0.2, 0.25) is 0 Å². The van der Waals surface area contributed by atoms with Gasteiger partial charge in [-0.15, -0.1) is 0 Å². The van der Waals surface area contributed by atoms with Crippen molar-refractivity contribution in [2.24, 2.45) is 39.9 Å². The number of ketones is 1. The van der Waals surface area contributed by atoms with E-state index in [1.54, 1.807) is 13.0 Å². The van der Waals surface area contributed by atoms with E-state index in [2.05, 4.69) is 27.7 Å². The Morgan fingerprint density at radius 1 is 1.00 bits per heavy atom. The van der Waals surface area contributed by atoms with Crippen LogP contribution in [0.5, 0.6) is 5.75 Å². The highest BCUT2D eigenvalue weighted by Gasteiger charge is 2.64. The molecule has 0 amide bonds. The van der Waals surface area contributed by atoms with Gasteiger partial charge in [0.05, 0.1) is 5.56 Å². The maximum Gasteiger partial charge on any atom is 0.335 e. The zero-order valence-corrected chi connectivity index (χ0v) is 19.7. The van der Waals surface area contributed by atoms with E-state index >= 15 is 0 Å². The maximum atomic E-state index is 12.4. The number of benzene rings is 1. The average molecular weight is 427 g/mol. The molecule has 1 aromatic carbocycles. The summed E-state index contributed by atoms with van der Waals surface area (Å²) in [6.45, 7) is 11.3. The van der Waals surface area contributed by atoms with Gasteiger partial charge in [0.2, 0.25) is 0 Å². The highest BCUT2D eigenvalue weighted by molar-refractivity contribution is 5.88. The third-order valence-electron chi connectivity index (χ3n) is 10.3. The predicted molar refractivity (Wildman–Crippen MR) is 121 cm³/mol. The fourth-order valence-corrected chi connectivity index (χ4v) is 8.56. The summed E-state index contributed by atoms with van der Waals surface area (Å²) in [5, 5.41) is 20.0. The number of hydrogen-bond donors (Lipinski definition) is 2. The van der Waals surface area contributed by atoms with E-state index in [1.165, 1.54) is 18.6 Å². The van der Waals surface area contributed by atoms with E-state index in [1.807, 2.05) is 0 Å². The van der Waals surface area contributed by atoms with Gasteiger partial charge >= 0.3 is 5.97 Å². The quantitative estimate of drug-likeness (QED) is 0.609. The second kappa shape index (κ2) is 7.35. The molecule has 7 unspecified atom stereocenters. The Hall–Kier alpha value is -1.84. The number of phenolic OH excluding ortho intramolecular Hbond substituents is 1. The van der Waals surface area contributed by atoms with E-state index < -0.39 is 5.97 Å². The molecule has 170 valence electrons. The minimum atomic E-state index is -0.956. The molecule has 3 fully saturated rings. The van der Waals surface area contributed by atoms with Crippen LogP contribution < -0.4 is 0 Å². The number of phenols is 1. The molecule has 0 saturated heterocycles. The SMILES string of the molecule is CC(=O)C1CCC2C1(C)CCC1C(C)(Cc3cc(C(=O)O)ccc3O)C(C)CCC12C.